The molecule has 4 nitrogen and oxygen atoms in total. The third-order valence-corrected chi connectivity index (χ3v) is 2.43. The molecule has 1 saturated carbocycles. The predicted octanol–water partition coefficient (Wildman–Crippen LogP) is 0.0245. The van der Waals surface area contributed by atoms with Gasteiger partial charge in [-0.1, -0.05) is 0 Å². The lowest BCUT2D eigenvalue weighted by molar-refractivity contribution is 0.0241. The lowest BCUT2D eigenvalue weighted by atomic mass is 10.4. The van der Waals surface area contributed by atoms with E-state index in [0.717, 1.165) is 24.9 Å². The summed E-state index contributed by atoms with van der Waals surface area (Å²) in [5, 5.41) is 8.30. The second-order valence-electron chi connectivity index (χ2n) is 3.20. The van der Waals surface area contributed by atoms with E-state index in [-0.39, 0.29) is 6.09 Å². The fraction of sp³-hybridized carbons (Fsp3) is 0.857. The Bertz CT molecular complexity index is 173. The number of hydrogen-bond donors (Lipinski definition) is 1. The Hall–Kier alpha value is -0.770. The Morgan fingerprint density at radius 3 is 2.73 bits per heavy atom. The molecule has 1 saturated heterocycles. The Morgan fingerprint density at radius 2 is 2.18 bits per heavy atom. The Balaban J connectivity index is 1.82. The first-order valence-electron chi connectivity index (χ1n) is 3.84. The Kier molecular flexibility index (Phi) is 1.49. The van der Waals surface area contributed by atoms with Crippen molar-refractivity contribution in [3.05, 3.63) is 0 Å². The molecule has 1 aliphatic heterocycles. The third-order valence-electron chi connectivity index (χ3n) is 2.43. The average Bonchev–Trinajstić information content (AvgIpc) is 2.59. The highest BCUT2D eigenvalue weighted by Crippen LogP contribution is 2.44. The van der Waals surface area contributed by atoms with Crippen molar-refractivity contribution < 1.29 is 14.6 Å². The zero-order chi connectivity index (χ0) is 7.84. The lowest BCUT2D eigenvalue weighted by Crippen LogP contribution is -2.31. The van der Waals surface area contributed by atoms with Gasteiger partial charge in [0.25, 0.3) is 0 Å². The van der Waals surface area contributed by atoms with Gasteiger partial charge in [0.15, 0.2) is 6.79 Å². The predicted molar refractivity (Wildman–Crippen MR) is 36.7 cm³/mol. The molecule has 1 N–H and O–H groups in total. The molecule has 1 heterocycles. The van der Waals surface area contributed by atoms with Crippen LogP contribution in [0, 0.1) is 11.8 Å². The summed E-state index contributed by atoms with van der Waals surface area (Å²) in [5.74, 6) is 1.45. The number of hydrogen-bond acceptors (Lipinski definition) is 3. The summed E-state index contributed by atoms with van der Waals surface area (Å²) in [6, 6.07) is 0. The highest BCUT2D eigenvalue weighted by Gasteiger charge is 2.46. The van der Waals surface area contributed by atoms with E-state index >= 15 is 0 Å². The molecule has 2 fully saturated rings. The highest BCUT2D eigenvalue weighted by molar-refractivity contribution is 5.68. The van der Waals surface area contributed by atoms with E-state index in [4.69, 9.17) is 5.11 Å². The molecule has 4 heteroatoms. The third kappa shape index (κ3) is 1.18. The van der Waals surface area contributed by atoms with Crippen LogP contribution in [0.2, 0.25) is 0 Å². The van der Waals surface area contributed by atoms with Gasteiger partial charge in [-0.2, -0.15) is 0 Å². The van der Waals surface area contributed by atoms with Crippen molar-refractivity contribution in [1.29, 1.82) is 0 Å². The number of aliphatic hydroxyl groups is 1. The van der Waals surface area contributed by atoms with Gasteiger partial charge in [-0.3, -0.25) is 0 Å². The van der Waals surface area contributed by atoms with Gasteiger partial charge in [0.1, 0.15) is 0 Å². The van der Waals surface area contributed by atoms with Gasteiger partial charge in [-0.05, 0) is 18.3 Å². The summed E-state index contributed by atoms with van der Waals surface area (Å²) in [7, 11) is 0. The number of aliphatic hydroxyl groups excluding tert-OH is 1. The van der Waals surface area contributed by atoms with E-state index in [1.807, 2.05) is 0 Å². The van der Waals surface area contributed by atoms with E-state index < -0.39 is 6.79 Å². The molecule has 0 radical (unpaired) electrons. The summed E-state index contributed by atoms with van der Waals surface area (Å²) in [5.41, 5.74) is 0. The molecule has 0 aromatic rings. The monoisotopic (exact) mass is 157 g/mol. The minimum absolute atomic E-state index is 0.375. The van der Waals surface area contributed by atoms with Crippen LogP contribution in [0.4, 0.5) is 4.79 Å². The maximum atomic E-state index is 11.0. The molecule has 2 unspecified atom stereocenters. The molecular formula is C7H11NO3. The number of likely N-dealkylation sites (tertiary alicyclic amines) is 1. The van der Waals surface area contributed by atoms with Crippen molar-refractivity contribution in [2.75, 3.05) is 19.9 Å². The lowest BCUT2D eigenvalue weighted by Gasteiger charge is -2.15. The van der Waals surface area contributed by atoms with E-state index in [2.05, 4.69) is 4.74 Å². The molecule has 2 atom stereocenters. The van der Waals surface area contributed by atoms with Crippen molar-refractivity contribution in [2.45, 2.75) is 6.42 Å². The molecular weight excluding hydrogens is 146 g/mol. The van der Waals surface area contributed by atoms with Gasteiger partial charge in [-0.25, -0.2) is 4.79 Å². The second kappa shape index (κ2) is 2.37. The number of rotatable bonds is 1. The standard InChI is InChI=1S/C7H11NO3/c9-4-11-7(10)8-2-5-1-6(5)3-8/h5-6,9H,1-4H2. The van der Waals surface area contributed by atoms with Gasteiger partial charge in [0.2, 0.25) is 0 Å². The number of piperidine rings is 1. The van der Waals surface area contributed by atoms with Gasteiger partial charge >= 0.3 is 6.09 Å². The number of amides is 1. The average molecular weight is 157 g/mol. The second-order valence-corrected chi connectivity index (χ2v) is 3.20. The van der Waals surface area contributed by atoms with E-state index in [1.165, 1.54) is 6.42 Å². The van der Waals surface area contributed by atoms with E-state index in [1.54, 1.807) is 4.90 Å². The van der Waals surface area contributed by atoms with Crippen LogP contribution in [0.5, 0.6) is 0 Å². The first kappa shape index (κ1) is 6.91. The van der Waals surface area contributed by atoms with E-state index in [0.29, 0.717) is 0 Å². The number of carbonyl (C=O) groups is 1. The molecule has 2 aliphatic rings. The Morgan fingerprint density at radius 1 is 1.55 bits per heavy atom. The minimum Gasteiger partial charge on any atom is -0.422 e. The van der Waals surface area contributed by atoms with Gasteiger partial charge in [-0.15, -0.1) is 0 Å². The molecule has 0 aromatic carbocycles. The summed E-state index contributed by atoms with van der Waals surface area (Å²) < 4.78 is 4.44. The minimum atomic E-state index is -0.509. The Labute approximate surface area is 64.7 Å². The van der Waals surface area contributed by atoms with Crippen LogP contribution in [-0.4, -0.2) is 36.0 Å². The maximum Gasteiger partial charge on any atom is 0.411 e. The maximum absolute atomic E-state index is 11.0. The van der Waals surface area contributed by atoms with Crippen molar-refractivity contribution in [2.24, 2.45) is 11.8 Å². The number of fused-ring (bicyclic) bond motifs is 1. The quantitative estimate of drug-likeness (QED) is 0.546. The zero-order valence-corrected chi connectivity index (χ0v) is 6.19. The zero-order valence-electron chi connectivity index (χ0n) is 6.19. The highest BCUT2D eigenvalue weighted by atomic mass is 16.6. The van der Waals surface area contributed by atoms with Crippen LogP contribution in [0.3, 0.4) is 0 Å². The molecule has 0 spiro atoms. The van der Waals surface area contributed by atoms with Crippen LogP contribution in [-0.2, 0) is 4.74 Å². The summed E-state index contributed by atoms with van der Waals surface area (Å²) in [6.45, 7) is 1.14. The largest absolute Gasteiger partial charge is 0.422 e. The topological polar surface area (TPSA) is 49.8 Å². The smallest absolute Gasteiger partial charge is 0.411 e. The molecule has 11 heavy (non-hydrogen) atoms. The van der Waals surface area contributed by atoms with Crippen LogP contribution >= 0.6 is 0 Å². The number of ether oxygens (including phenoxy) is 1. The van der Waals surface area contributed by atoms with Crippen molar-refractivity contribution >= 4 is 6.09 Å². The van der Waals surface area contributed by atoms with E-state index in [9.17, 15) is 4.79 Å². The molecule has 1 aliphatic carbocycles. The first-order chi connectivity index (χ1) is 5.31. The summed E-state index contributed by atoms with van der Waals surface area (Å²) in [6.07, 6.45) is 0.891. The van der Waals surface area contributed by atoms with Crippen molar-refractivity contribution in [1.82, 2.24) is 4.90 Å². The summed E-state index contributed by atoms with van der Waals surface area (Å²) in [4.78, 5) is 12.6. The van der Waals surface area contributed by atoms with Crippen LogP contribution < -0.4 is 0 Å². The fourth-order valence-corrected chi connectivity index (χ4v) is 1.69. The molecule has 1 amide bonds. The van der Waals surface area contributed by atoms with Gasteiger partial charge < -0.3 is 14.7 Å². The fourth-order valence-electron chi connectivity index (χ4n) is 1.69. The SMILES string of the molecule is O=C(OCO)N1CC2CC2C1. The first-order valence-corrected chi connectivity index (χ1v) is 3.84. The van der Waals surface area contributed by atoms with Gasteiger partial charge in [0.05, 0.1) is 0 Å². The van der Waals surface area contributed by atoms with Gasteiger partial charge in [0, 0.05) is 13.1 Å². The number of carbonyl (C=O) groups excluding carboxylic acids is 1. The molecule has 0 aromatic heterocycles. The van der Waals surface area contributed by atoms with Crippen molar-refractivity contribution in [3.63, 3.8) is 0 Å². The normalized spacial score (nSPS) is 33.4. The van der Waals surface area contributed by atoms with Crippen LogP contribution in [0.25, 0.3) is 0 Å². The van der Waals surface area contributed by atoms with Crippen LogP contribution in [0.15, 0.2) is 0 Å². The number of nitrogens with zero attached hydrogens (tertiary/aromatic N) is 1. The molecule has 0 bridgehead atoms. The van der Waals surface area contributed by atoms with Crippen molar-refractivity contribution in [3.8, 4) is 0 Å². The summed E-state index contributed by atoms with van der Waals surface area (Å²) >= 11 is 0. The van der Waals surface area contributed by atoms with Crippen LogP contribution in [0.1, 0.15) is 6.42 Å². The molecule has 62 valence electrons. The molecule has 2 rings (SSSR count).